The molecule has 0 aliphatic heterocycles. The van der Waals surface area contributed by atoms with Gasteiger partial charge in [-0.3, -0.25) is 9.59 Å². The standard InChI is InChI=1S/C24H27N3O3/c1-17(2)13-14-30-22-12-8-7-9-19(22)16-25-24(29)23-21(28)15-18(3)27(26-23)20-10-5-4-6-11-20/h4-12,15,17H,13-14,16H2,1-3H3,(H,25,29). The van der Waals surface area contributed by atoms with E-state index in [9.17, 15) is 9.59 Å². The van der Waals surface area contributed by atoms with Crippen molar-refractivity contribution in [3.05, 3.63) is 87.8 Å². The number of nitrogens with one attached hydrogen (secondary N) is 1. The van der Waals surface area contributed by atoms with Crippen LogP contribution in [0, 0.1) is 12.8 Å². The first-order valence-corrected chi connectivity index (χ1v) is 10.1. The summed E-state index contributed by atoms with van der Waals surface area (Å²) in [6.07, 6.45) is 0.951. The summed E-state index contributed by atoms with van der Waals surface area (Å²) in [6.45, 7) is 6.94. The molecule has 0 saturated heterocycles. The molecule has 0 saturated carbocycles. The van der Waals surface area contributed by atoms with E-state index >= 15 is 0 Å². The summed E-state index contributed by atoms with van der Waals surface area (Å²) in [6, 6.07) is 18.4. The number of aromatic nitrogens is 2. The van der Waals surface area contributed by atoms with Gasteiger partial charge in [-0.05, 0) is 37.5 Å². The van der Waals surface area contributed by atoms with Gasteiger partial charge in [0.2, 0.25) is 5.43 Å². The molecule has 0 unspecified atom stereocenters. The number of carbonyl (C=O) groups is 1. The second-order valence-corrected chi connectivity index (χ2v) is 7.57. The van der Waals surface area contributed by atoms with Gasteiger partial charge >= 0.3 is 0 Å². The molecule has 3 rings (SSSR count). The van der Waals surface area contributed by atoms with E-state index < -0.39 is 11.3 Å². The fourth-order valence-electron chi connectivity index (χ4n) is 2.99. The number of rotatable bonds is 8. The van der Waals surface area contributed by atoms with E-state index in [0.29, 0.717) is 18.2 Å². The minimum Gasteiger partial charge on any atom is -0.493 e. The van der Waals surface area contributed by atoms with Crippen molar-refractivity contribution in [1.82, 2.24) is 15.1 Å². The van der Waals surface area contributed by atoms with E-state index in [1.165, 1.54) is 6.07 Å². The topological polar surface area (TPSA) is 73.2 Å². The van der Waals surface area contributed by atoms with Crippen LogP contribution in [-0.4, -0.2) is 22.3 Å². The van der Waals surface area contributed by atoms with Gasteiger partial charge in [0, 0.05) is 23.9 Å². The molecule has 0 aliphatic carbocycles. The Morgan fingerprint density at radius 1 is 1.10 bits per heavy atom. The molecule has 0 spiro atoms. The average molecular weight is 405 g/mol. The molecule has 0 bridgehead atoms. The van der Waals surface area contributed by atoms with Gasteiger partial charge in [-0.25, -0.2) is 4.68 Å². The van der Waals surface area contributed by atoms with Crippen molar-refractivity contribution in [2.75, 3.05) is 6.61 Å². The van der Waals surface area contributed by atoms with Crippen LogP contribution >= 0.6 is 0 Å². The van der Waals surface area contributed by atoms with Gasteiger partial charge < -0.3 is 10.1 Å². The zero-order valence-electron chi connectivity index (χ0n) is 17.6. The second-order valence-electron chi connectivity index (χ2n) is 7.57. The summed E-state index contributed by atoms with van der Waals surface area (Å²) in [5.74, 6) is 0.773. The Labute approximate surface area is 176 Å². The van der Waals surface area contributed by atoms with Crippen molar-refractivity contribution in [1.29, 1.82) is 0 Å². The van der Waals surface area contributed by atoms with Crippen LogP contribution in [0.25, 0.3) is 5.69 Å². The summed E-state index contributed by atoms with van der Waals surface area (Å²) >= 11 is 0. The van der Waals surface area contributed by atoms with Crippen LogP contribution in [0.1, 0.15) is 42.0 Å². The van der Waals surface area contributed by atoms with Gasteiger partial charge in [0.05, 0.1) is 12.3 Å². The van der Waals surface area contributed by atoms with E-state index in [-0.39, 0.29) is 12.2 Å². The second kappa shape index (κ2) is 9.87. The average Bonchev–Trinajstić information content (AvgIpc) is 2.73. The minimum absolute atomic E-state index is 0.136. The minimum atomic E-state index is -0.512. The zero-order valence-corrected chi connectivity index (χ0v) is 17.6. The van der Waals surface area contributed by atoms with Crippen molar-refractivity contribution in [2.45, 2.75) is 33.7 Å². The third kappa shape index (κ3) is 5.35. The monoisotopic (exact) mass is 405 g/mol. The summed E-state index contributed by atoms with van der Waals surface area (Å²) < 4.78 is 7.47. The Bertz CT molecular complexity index is 1060. The number of para-hydroxylation sites is 2. The lowest BCUT2D eigenvalue weighted by molar-refractivity contribution is 0.0942. The lowest BCUT2D eigenvalue weighted by Gasteiger charge is -2.14. The first kappa shape index (κ1) is 21.3. The zero-order chi connectivity index (χ0) is 21.5. The third-order valence-corrected chi connectivity index (χ3v) is 4.69. The number of benzene rings is 2. The number of amides is 1. The fourth-order valence-corrected chi connectivity index (χ4v) is 2.99. The molecule has 0 atom stereocenters. The van der Waals surface area contributed by atoms with E-state index in [0.717, 1.165) is 23.4 Å². The van der Waals surface area contributed by atoms with Gasteiger partial charge in [-0.15, -0.1) is 0 Å². The molecule has 1 aromatic heterocycles. The lowest BCUT2D eigenvalue weighted by Crippen LogP contribution is -2.31. The molecular weight excluding hydrogens is 378 g/mol. The first-order valence-electron chi connectivity index (χ1n) is 10.1. The SMILES string of the molecule is Cc1cc(=O)c(C(=O)NCc2ccccc2OCCC(C)C)nn1-c1ccccc1. The van der Waals surface area contributed by atoms with Crippen LogP contribution in [0.5, 0.6) is 5.75 Å². The number of aryl methyl sites for hydroxylation is 1. The van der Waals surface area contributed by atoms with Crippen molar-refractivity contribution in [3.63, 3.8) is 0 Å². The lowest BCUT2D eigenvalue weighted by atomic mass is 10.1. The van der Waals surface area contributed by atoms with Crippen LogP contribution in [0.4, 0.5) is 0 Å². The molecule has 0 fully saturated rings. The highest BCUT2D eigenvalue weighted by molar-refractivity contribution is 5.92. The smallest absolute Gasteiger partial charge is 0.276 e. The molecule has 6 nitrogen and oxygen atoms in total. The Morgan fingerprint density at radius 3 is 2.53 bits per heavy atom. The third-order valence-electron chi connectivity index (χ3n) is 4.69. The molecule has 1 amide bonds. The van der Waals surface area contributed by atoms with E-state index in [4.69, 9.17) is 4.74 Å². The largest absolute Gasteiger partial charge is 0.493 e. The number of carbonyl (C=O) groups excluding carboxylic acids is 1. The molecule has 30 heavy (non-hydrogen) atoms. The highest BCUT2D eigenvalue weighted by Crippen LogP contribution is 2.18. The van der Waals surface area contributed by atoms with E-state index in [1.54, 1.807) is 11.6 Å². The van der Waals surface area contributed by atoms with Crippen LogP contribution < -0.4 is 15.5 Å². The van der Waals surface area contributed by atoms with Crippen LogP contribution in [-0.2, 0) is 6.54 Å². The quantitative estimate of drug-likeness (QED) is 0.617. The number of ether oxygens (including phenoxy) is 1. The van der Waals surface area contributed by atoms with Crippen molar-refractivity contribution in [3.8, 4) is 11.4 Å². The maximum Gasteiger partial charge on any atom is 0.276 e. The number of hydrogen-bond donors (Lipinski definition) is 1. The van der Waals surface area contributed by atoms with Crippen molar-refractivity contribution < 1.29 is 9.53 Å². The molecule has 1 heterocycles. The normalized spacial score (nSPS) is 10.8. The fraction of sp³-hybridized carbons (Fsp3) is 0.292. The molecular formula is C24H27N3O3. The van der Waals surface area contributed by atoms with Crippen LogP contribution in [0.3, 0.4) is 0 Å². The summed E-state index contributed by atoms with van der Waals surface area (Å²) in [5, 5.41) is 7.11. The first-order chi connectivity index (χ1) is 14.5. The van der Waals surface area contributed by atoms with Gasteiger partial charge in [0.1, 0.15) is 5.75 Å². The number of hydrogen-bond acceptors (Lipinski definition) is 4. The van der Waals surface area contributed by atoms with Gasteiger partial charge in [0.25, 0.3) is 5.91 Å². The van der Waals surface area contributed by atoms with Crippen molar-refractivity contribution in [2.24, 2.45) is 5.92 Å². The van der Waals surface area contributed by atoms with E-state index in [2.05, 4.69) is 24.3 Å². The Kier molecular flexibility index (Phi) is 7.01. The summed E-state index contributed by atoms with van der Waals surface area (Å²) in [5.41, 5.74) is 1.76. The molecule has 1 N–H and O–H groups in total. The Morgan fingerprint density at radius 2 is 1.80 bits per heavy atom. The van der Waals surface area contributed by atoms with Gasteiger partial charge in [-0.2, -0.15) is 5.10 Å². The molecule has 0 radical (unpaired) electrons. The molecule has 3 aromatic rings. The molecule has 2 aromatic carbocycles. The summed E-state index contributed by atoms with van der Waals surface area (Å²) in [7, 11) is 0. The maximum absolute atomic E-state index is 12.7. The van der Waals surface area contributed by atoms with Crippen LogP contribution in [0.15, 0.2) is 65.5 Å². The Hall–Kier alpha value is -3.41. The molecule has 156 valence electrons. The van der Waals surface area contributed by atoms with Gasteiger partial charge in [-0.1, -0.05) is 50.2 Å². The summed E-state index contributed by atoms with van der Waals surface area (Å²) in [4.78, 5) is 25.1. The number of nitrogens with zero attached hydrogens (tertiary/aromatic N) is 2. The predicted octanol–water partition coefficient (Wildman–Crippen LogP) is 3.90. The molecule has 0 aliphatic rings. The van der Waals surface area contributed by atoms with Gasteiger partial charge in [0.15, 0.2) is 5.69 Å². The van der Waals surface area contributed by atoms with Crippen LogP contribution in [0.2, 0.25) is 0 Å². The highest BCUT2D eigenvalue weighted by Gasteiger charge is 2.16. The highest BCUT2D eigenvalue weighted by atomic mass is 16.5. The maximum atomic E-state index is 12.7. The Balaban J connectivity index is 1.75. The van der Waals surface area contributed by atoms with E-state index in [1.807, 2.05) is 54.6 Å². The molecule has 6 heteroatoms. The predicted molar refractivity (Wildman–Crippen MR) is 117 cm³/mol. The van der Waals surface area contributed by atoms with Crippen molar-refractivity contribution >= 4 is 5.91 Å².